The van der Waals surface area contributed by atoms with Crippen molar-refractivity contribution in [1.29, 1.82) is 0 Å². The lowest BCUT2D eigenvalue weighted by atomic mass is 10.1. The summed E-state index contributed by atoms with van der Waals surface area (Å²) in [5.74, 6) is -0.344. The molecule has 0 bridgehead atoms. The first-order valence-corrected chi connectivity index (χ1v) is 11.2. The van der Waals surface area contributed by atoms with Crippen LogP contribution in [0, 0.1) is 0 Å². The predicted molar refractivity (Wildman–Crippen MR) is 126 cm³/mol. The summed E-state index contributed by atoms with van der Waals surface area (Å²) in [6, 6.07) is 15.1. The topological polar surface area (TPSA) is 63.2 Å². The van der Waals surface area contributed by atoms with Crippen LogP contribution in [0.3, 0.4) is 0 Å². The summed E-state index contributed by atoms with van der Waals surface area (Å²) in [5, 5.41) is 0. The summed E-state index contributed by atoms with van der Waals surface area (Å²) in [6.07, 6.45) is 7.49. The van der Waals surface area contributed by atoms with Gasteiger partial charge in [0.05, 0.1) is 28.0 Å². The van der Waals surface area contributed by atoms with Gasteiger partial charge in [0.25, 0.3) is 0 Å². The van der Waals surface area contributed by atoms with E-state index in [2.05, 4.69) is 11.0 Å². The molecule has 0 spiro atoms. The molecule has 5 heteroatoms. The number of Topliss-reactive ketones (excluding diaryl/α,β-unsaturated/α-hetero) is 2. The minimum Gasteiger partial charge on any atom is -0.366 e. The number of hydrogen-bond acceptors (Lipinski definition) is 5. The molecule has 5 nitrogen and oxygen atoms in total. The summed E-state index contributed by atoms with van der Waals surface area (Å²) in [4.78, 5) is 37.6. The lowest BCUT2D eigenvalue weighted by molar-refractivity contribution is 0.0988. The largest absolute Gasteiger partial charge is 0.366 e. The zero-order valence-corrected chi connectivity index (χ0v) is 17.8. The summed E-state index contributed by atoms with van der Waals surface area (Å²) in [5.41, 5.74) is 10.2. The molecule has 1 aliphatic heterocycles. The Morgan fingerprint density at radius 1 is 0.788 bits per heavy atom. The number of hydrogen-bond donors (Lipinski definition) is 0. The molecule has 1 aromatic heterocycles. The number of rotatable bonds is 2. The molecule has 0 atom stereocenters. The van der Waals surface area contributed by atoms with Crippen LogP contribution in [0.25, 0.3) is 16.6 Å². The minimum absolute atomic E-state index is 0.172. The molecule has 0 saturated heterocycles. The van der Waals surface area contributed by atoms with Gasteiger partial charge in [0.15, 0.2) is 11.6 Å². The second-order valence-corrected chi connectivity index (χ2v) is 8.96. The highest BCUT2D eigenvalue weighted by atomic mass is 16.2. The zero-order chi connectivity index (χ0) is 22.1. The molecule has 0 saturated carbocycles. The first-order chi connectivity index (χ1) is 16.2. The van der Waals surface area contributed by atoms with Crippen molar-refractivity contribution in [3.63, 3.8) is 0 Å². The molecule has 7 rings (SSSR count). The molecule has 3 aromatic rings. The van der Waals surface area contributed by atoms with Crippen LogP contribution in [0.2, 0.25) is 0 Å². The van der Waals surface area contributed by atoms with E-state index < -0.39 is 0 Å². The lowest BCUT2D eigenvalue weighted by Crippen LogP contribution is -2.22. The van der Waals surface area contributed by atoms with Crippen molar-refractivity contribution < 1.29 is 9.59 Å². The van der Waals surface area contributed by atoms with E-state index in [0.717, 1.165) is 53.9 Å². The summed E-state index contributed by atoms with van der Waals surface area (Å²) >= 11 is 0. The van der Waals surface area contributed by atoms with Gasteiger partial charge in [-0.25, -0.2) is 9.97 Å². The molecule has 2 heterocycles. The van der Waals surface area contributed by atoms with E-state index in [4.69, 9.17) is 9.97 Å². The van der Waals surface area contributed by atoms with Crippen molar-refractivity contribution in [2.75, 3.05) is 13.1 Å². The van der Waals surface area contributed by atoms with E-state index >= 15 is 0 Å². The quantitative estimate of drug-likeness (QED) is 0.444. The van der Waals surface area contributed by atoms with Crippen molar-refractivity contribution in [3.05, 3.63) is 112 Å². The maximum atomic E-state index is 12.7. The number of nitrogens with zero attached hydrogens (tertiary/aromatic N) is 3. The van der Waals surface area contributed by atoms with Crippen LogP contribution >= 0.6 is 0 Å². The number of fused-ring (bicyclic) bond motifs is 4. The van der Waals surface area contributed by atoms with E-state index in [-0.39, 0.29) is 17.1 Å². The third kappa shape index (κ3) is 2.72. The van der Waals surface area contributed by atoms with Gasteiger partial charge in [-0.3, -0.25) is 9.59 Å². The SMILES string of the molecule is O=C1C(=CC2=CC=C(N3CC4=C(C3)c3nc5ccccc5nc3C4)C2)C(=O)c2ccccc21. The Morgan fingerprint density at radius 3 is 2.24 bits per heavy atom. The van der Waals surface area contributed by atoms with Crippen molar-refractivity contribution >= 4 is 28.2 Å². The Kier molecular flexibility index (Phi) is 3.74. The fourth-order valence-electron chi connectivity index (χ4n) is 5.33. The van der Waals surface area contributed by atoms with Crippen LogP contribution < -0.4 is 0 Å². The zero-order valence-electron chi connectivity index (χ0n) is 17.8. The number of carbonyl (C=O) groups excluding carboxylic acids is 2. The molecular weight excluding hydrogens is 410 g/mol. The molecule has 2 aromatic carbocycles. The molecule has 4 aliphatic rings. The standard InChI is InChI=1S/C28H19N3O2/c32-27-19-5-1-2-6-20(19)28(33)21(27)12-16-9-10-18(11-16)31-14-17-13-25-26(22(17)15-31)30-24-8-4-3-7-23(24)29-25/h1-10,12H,11,13-15H2. The second kappa shape index (κ2) is 6.69. The van der Waals surface area contributed by atoms with E-state index in [1.165, 1.54) is 16.8 Å². The van der Waals surface area contributed by atoms with E-state index in [1.54, 1.807) is 30.3 Å². The van der Waals surface area contributed by atoms with Gasteiger partial charge in [0.1, 0.15) is 0 Å². The number of benzene rings is 2. The van der Waals surface area contributed by atoms with Crippen molar-refractivity contribution in [1.82, 2.24) is 14.9 Å². The second-order valence-electron chi connectivity index (χ2n) is 8.96. The molecule has 0 N–H and O–H groups in total. The first kappa shape index (κ1) is 18.5. The van der Waals surface area contributed by atoms with E-state index in [0.29, 0.717) is 11.1 Å². The van der Waals surface area contributed by atoms with Gasteiger partial charge in [0.2, 0.25) is 0 Å². The molecule has 0 unspecified atom stereocenters. The highest BCUT2D eigenvalue weighted by molar-refractivity contribution is 6.39. The molecule has 0 fully saturated rings. The molecule has 0 radical (unpaired) electrons. The Hall–Kier alpha value is -4.12. The Labute approximate surface area is 190 Å². The average molecular weight is 429 g/mol. The third-order valence-electron chi connectivity index (χ3n) is 6.98. The average Bonchev–Trinajstić information content (AvgIpc) is 3.58. The summed E-state index contributed by atoms with van der Waals surface area (Å²) in [7, 11) is 0. The van der Waals surface area contributed by atoms with Gasteiger partial charge in [-0.05, 0) is 35.4 Å². The van der Waals surface area contributed by atoms with Crippen molar-refractivity contribution in [2.45, 2.75) is 12.8 Å². The third-order valence-corrected chi connectivity index (χ3v) is 6.98. The first-order valence-electron chi connectivity index (χ1n) is 11.2. The Balaban J connectivity index is 1.09. The summed E-state index contributed by atoms with van der Waals surface area (Å²) < 4.78 is 0. The number of allylic oxidation sites excluding steroid dienone is 5. The van der Waals surface area contributed by atoms with Crippen LogP contribution in [0.1, 0.15) is 38.5 Å². The van der Waals surface area contributed by atoms with Gasteiger partial charge in [-0.1, -0.05) is 42.5 Å². The smallest absolute Gasteiger partial charge is 0.197 e. The van der Waals surface area contributed by atoms with Gasteiger partial charge in [-0.2, -0.15) is 0 Å². The van der Waals surface area contributed by atoms with Gasteiger partial charge >= 0.3 is 0 Å². The van der Waals surface area contributed by atoms with Crippen LogP contribution in [0.4, 0.5) is 0 Å². The highest BCUT2D eigenvalue weighted by Crippen LogP contribution is 2.40. The Morgan fingerprint density at radius 2 is 1.48 bits per heavy atom. The fourth-order valence-corrected chi connectivity index (χ4v) is 5.33. The normalized spacial score (nSPS) is 18.7. The van der Waals surface area contributed by atoms with Crippen LogP contribution in [-0.2, 0) is 6.42 Å². The van der Waals surface area contributed by atoms with Crippen molar-refractivity contribution in [2.24, 2.45) is 0 Å². The van der Waals surface area contributed by atoms with Crippen LogP contribution in [-0.4, -0.2) is 39.5 Å². The molecule has 33 heavy (non-hydrogen) atoms. The molecule has 158 valence electrons. The predicted octanol–water partition coefficient (Wildman–Crippen LogP) is 4.47. The lowest BCUT2D eigenvalue weighted by Gasteiger charge is -2.22. The monoisotopic (exact) mass is 429 g/mol. The van der Waals surface area contributed by atoms with Gasteiger partial charge < -0.3 is 4.90 Å². The van der Waals surface area contributed by atoms with E-state index in [9.17, 15) is 9.59 Å². The minimum atomic E-state index is -0.172. The number of ketones is 2. The Bertz CT molecular complexity index is 1520. The molecule has 3 aliphatic carbocycles. The van der Waals surface area contributed by atoms with E-state index in [1.807, 2.05) is 30.3 Å². The summed E-state index contributed by atoms with van der Waals surface area (Å²) in [6.45, 7) is 1.69. The maximum absolute atomic E-state index is 12.7. The highest BCUT2D eigenvalue weighted by Gasteiger charge is 2.35. The van der Waals surface area contributed by atoms with Crippen molar-refractivity contribution in [3.8, 4) is 0 Å². The van der Waals surface area contributed by atoms with Crippen LogP contribution in [0.15, 0.2) is 89.2 Å². The van der Waals surface area contributed by atoms with Crippen LogP contribution in [0.5, 0.6) is 0 Å². The number of para-hydroxylation sites is 2. The number of aromatic nitrogens is 2. The van der Waals surface area contributed by atoms with Gasteiger partial charge in [0, 0.05) is 48.3 Å². The maximum Gasteiger partial charge on any atom is 0.197 e. The van der Waals surface area contributed by atoms with Gasteiger partial charge in [-0.15, -0.1) is 0 Å². The molecular formula is C28H19N3O2. The fraction of sp³-hybridized carbons (Fsp3) is 0.143. The number of carbonyl (C=O) groups is 2. The molecule has 0 amide bonds.